The fraction of sp³-hybridized carbons (Fsp3) is 0.467. The number of benzene rings is 1. The van der Waals surface area contributed by atoms with E-state index in [9.17, 15) is 0 Å². The Labute approximate surface area is 113 Å². The van der Waals surface area contributed by atoms with E-state index >= 15 is 0 Å². The number of ether oxygens (including phenoxy) is 1. The van der Waals surface area contributed by atoms with E-state index in [0.717, 1.165) is 37.3 Å². The lowest BCUT2D eigenvalue weighted by Gasteiger charge is -2.33. The maximum atomic E-state index is 5.40. The molecule has 0 aliphatic carbocycles. The van der Waals surface area contributed by atoms with Gasteiger partial charge in [0.15, 0.2) is 0 Å². The van der Waals surface area contributed by atoms with Crippen molar-refractivity contribution >= 4 is 10.9 Å². The monoisotopic (exact) mass is 259 g/mol. The molecule has 0 spiro atoms. The van der Waals surface area contributed by atoms with Crippen LogP contribution in [0.4, 0.5) is 0 Å². The molecule has 1 saturated heterocycles. The van der Waals surface area contributed by atoms with Crippen molar-refractivity contribution in [2.24, 2.45) is 0 Å². The van der Waals surface area contributed by atoms with E-state index < -0.39 is 0 Å². The number of nitrogens with one attached hydrogen (secondary N) is 2. The molecule has 1 aliphatic heterocycles. The minimum atomic E-state index is 0.568. The summed E-state index contributed by atoms with van der Waals surface area (Å²) >= 11 is 0. The van der Waals surface area contributed by atoms with E-state index in [2.05, 4.69) is 40.6 Å². The topological polar surface area (TPSA) is 40.3 Å². The van der Waals surface area contributed by atoms with Gasteiger partial charge in [-0.3, -0.25) is 0 Å². The van der Waals surface area contributed by atoms with Gasteiger partial charge in [0.25, 0.3) is 0 Å². The highest BCUT2D eigenvalue weighted by Crippen LogP contribution is 2.28. The average Bonchev–Trinajstić information content (AvgIpc) is 2.84. The number of piperazine rings is 1. The molecule has 0 bridgehead atoms. The third kappa shape index (κ3) is 2.33. The summed E-state index contributed by atoms with van der Waals surface area (Å²) in [6, 6.07) is 6.79. The number of methoxy groups -OCH3 is 1. The number of aromatic nitrogens is 1. The Morgan fingerprint density at radius 3 is 3.11 bits per heavy atom. The molecule has 4 heteroatoms. The van der Waals surface area contributed by atoms with Crippen molar-refractivity contribution in [1.29, 1.82) is 0 Å². The van der Waals surface area contributed by atoms with E-state index in [0.29, 0.717) is 6.04 Å². The summed E-state index contributed by atoms with van der Waals surface area (Å²) < 4.78 is 5.40. The Morgan fingerprint density at radius 1 is 1.42 bits per heavy atom. The molecule has 3 rings (SSSR count). The van der Waals surface area contributed by atoms with Crippen LogP contribution in [0.3, 0.4) is 0 Å². The first kappa shape index (κ1) is 12.5. The fourth-order valence-corrected chi connectivity index (χ4v) is 2.87. The van der Waals surface area contributed by atoms with Crippen molar-refractivity contribution in [1.82, 2.24) is 15.2 Å². The maximum absolute atomic E-state index is 5.40. The van der Waals surface area contributed by atoms with E-state index in [1.54, 1.807) is 7.11 Å². The summed E-state index contributed by atoms with van der Waals surface area (Å²) in [4.78, 5) is 5.79. The smallest absolute Gasteiger partial charge is 0.142 e. The van der Waals surface area contributed by atoms with Crippen LogP contribution in [-0.4, -0.2) is 49.7 Å². The first-order chi connectivity index (χ1) is 9.29. The van der Waals surface area contributed by atoms with Gasteiger partial charge in [0.2, 0.25) is 0 Å². The Morgan fingerprint density at radius 2 is 2.32 bits per heavy atom. The van der Waals surface area contributed by atoms with Gasteiger partial charge in [-0.15, -0.1) is 0 Å². The molecule has 0 saturated carbocycles. The van der Waals surface area contributed by atoms with Crippen LogP contribution in [0.2, 0.25) is 0 Å². The Hall–Kier alpha value is -1.52. The number of hydrogen-bond donors (Lipinski definition) is 2. The molecule has 2 N–H and O–H groups in total. The Bertz CT molecular complexity index is 564. The molecule has 1 aliphatic rings. The molecule has 2 heterocycles. The van der Waals surface area contributed by atoms with Gasteiger partial charge in [-0.05, 0) is 25.1 Å². The van der Waals surface area contributed by atoms with Crippen LogP contribution in [-0.2, 0) is 6.42 Å². The van der Waals surface area contributed by atoms with E-state index in [1.165, 1.54) is 10.9 Å². The van der Waals surface area contributed by atoms with Crippen molar-refractivity contribution in [3.8, 4) is 5.75 Å². The van der Waals surface area contributed by atoms with Gasteiger partial charge in [-0.1, -0.05) is 12.1 Å². The summed E-state index contributed by atoms with van der Waals surface area (Å²) in [6.07, 6.45) is 3.19. The van der Waals surface area contributed by atoms with Crippen LogP contribution in [0, 0.1) is 0 Å². The molecule has 1 unspecified atom stereocenters. The summed E-state index contributed by atoms with van der Waals surface area (Å²) in [6.45, 7) is 3.28. The molecule has 4 nitrogen and oxygen atoms in total. The largest absolute Gasteiger partial charge is 0.495 e. The lowest BCUT2D eigenvalue weighted by atomic mass is 10.0. The third-order valence-corrected chi connectivity index (χ3v) is 4.08. The number of aromatic amines is 1. The normalized spacial score (nSPS) is 20.8. The predicted molar refractivity (Wildman–Crippen MR) is 77.8 cm³/mol. The van der Waals surface area contributed by atoms with Crippen molar-refractivity contribution < 1.29 is 4.74 Å². The van der Waals surface area contributed by atoms with Crippen molar-refractivity contribution in [3.63, 3.8) is 0 Å². The van der Waals surface area contributed by atoms with Gasteiger partial charge in [0.05, 0.1) is 12.6 Å². The molecule has 1 aromatic carbocycles. The first-order valence-corrected chi connectivity index (χ1v) is 6.83. The molecule has 1 atom stereocenters. The minimum absolute atomic E-state index is 0.568. The Kier molecular flexibility index (Phi) is 3.44. The van der Waals surface area contributed by atoms with Crippen LogP contribution < -0.4 is 10.1 Å². The summed E-state index contributed by atoms with van der Waals surface area (Å²) in [5, 5.41) is 4.75. The van der Waals surface area contributed by atoms with Crippen LogP contribution in [0.25, 0.3) is 10.9 Å². The average molecular weight is 259 g/mol. The molecule has 1 fully saturated rings. The number of fused-ring (bicyclic) bond motifs is 1. The van der Waals surface area contributed by atoms with Crippen molar-refractivity contribution in [2.45, 2.75) is 12.5 Å². The highest BCUT2D eigenvalue weighted by atomic mass is 16.5. The van der Waals surface area contributed by atoms with Crippen LogP contribution in [0.15, 0.2) is 24.4 Å². The van der Waals surface area contributed by atoms with Crippen LogP contribution in [0.5, 0.6) is 5.75 Å². The van der Waals surface area contributed by atoms with E-state index in [1.807, 2.05) is 6.07 Å². The second-order valence-corrected chi connectivity index (χ2v) is 5.24. The minimum Gasteiger partial charge on any atom is -0.495 e. The summed E-state index contributed by atoms with van der Waals surface area (Å²) in [5.74, 6) is 0.916. The molecule has 0 amide bonds. The highest BCUT2D eigenvalue weighted by molar-refractivity contribution is 5.88. The number of nitrogens with zero attached hydrogens (tertiary/aromatic N) is 1. The Balaban J connectivity index is 1.89. The first-order valence-electron chi connectivity index (χ1n) is 6.83. The lowest BCUT2D eigenvalue weighted by Crippen LogP contribution is -2.50. The van der Waals surface area contributed by atoms with Crippen molar-refractivity contribution in [2.75, 3.05) is 33.8 Å². The van der Waals surface area contributed by atoms with Gasteiger partial charge in [0.1, 0.15) is 5.75 Å². The maximum Gasteiger partial charge on any atom is 0.142 e. The number of H-pyrrole nitrogens is 1. The number of hydrogen-bond acceptors (Lipinski definition) is 3. The van der Waals surface area contributed by atoms with Crippen molar-refractivity contribution in [3.05, 3.63) is 30.0 Å². The quantitative estimate of drug-likeness (QED) is 0.880. The standard InChI is InChI=1S/C15H21N3O/c1-18-7-6-16-10-12(18)8-11-9-17-15-13(11)4-3-5-14(15)19-2/h3-5,9,12,16-17H,6-8,10H2,1-2H3. The van der Waals surface area contributed by atoms with E-state index in [4.69, 9.17) is 4.74 Å². The van der Waals surface area contributed by atoms with Gasteiger partial charge in [-0.2, -0.15) is 0 Å². The van der Waals surface area contributed by atoms with Gasteiger partial charge >= 0.3 is 0 Å². The number of rotatable bonds is 3. The number of likely N-dealkylation sites (N-methyl/N-ethyl adjacent to an activating group) is 1. The van der Waals surface area contributed by atoms with Crippen LogP contribution in [0.1, 0.15) is 5.56 Å². The molecular weight excluding hydrogens is 238 g/mol. The summed E-state index contributed by atoms with van der Waals surface area (Å²) in [5.41, 5.74) is 2.47. The summed E-state index contributed by atoms with van der Waals surface area (Å²) in [7, 11) is 3.93. The second-order valence-electron chi connectivity index (χ2n) is 5.24. The fourth-order valence-electron chi connectivity index (χ4n) is 2.87. The lowest BCUT2D eigenvalue weighted by molar-refractivity contribution is 0.199. The third-order valence-electron chi connectivity index (χ3n) is 4.08. The molecule has 19 heavy (non-hydrogen) atoms. The predicted octanol–water partition coefficient (Wildman–Crippen LogP) is 1.62. The van der Waals surface area contributed by atoms with Crippen LogP contribution >= 0.6 is 0 Å². The molecule has 0 radical (unpaired) electrons. The molecule has 2 aromatic rings. The SMILES string of the molecule is COc1cccc2c(CC3CNCCN3C)c[nH]c12. The van der Waals surface area contributed by atoms with Gasteiger partial charge in [0, 0.05) is 37.3 Å². The zero-order valence-electron chi connectivity index (χ0n) is 11.6. The zero-order chi connectivity index (χ0) is 13.2. The van der Waals surface area contributed by atoms with Gasteiger partial charge in [-0.25, -0.2) is 0 Å². The zero-order valence-corrected chi connectivity index (χ0v) is 11.6. The molecule has 102 valence electrons. The number of para-hydroxylation sites is 1. The molecular formula is C15H21N3O. The molecule has 1 aromatic heterocycles. The highest BCUT2D eigenvalue weighted by Gasteiger charge is 2.20. The second kappa shape index (κ2) is 5.23. The van der Waals surface area contributed by atoms with Gasteiger partial charge < -0.3 is 19.9 Å². The van der Waals surface area contributed by atoms with E-state index in [-0.39, 0.29) is 0 Å².